The summed E-state index contributed by atoms with van der Waals surface area (Å²) < 4.78 is 1.62. The molecule has 1 N–H and O–H groups in total. The number of anilines is 1. The molecule has 6 heteroatoms. The summed E-state index contributed by atoms with van der Waals surface area (Å²) in [5.41, 5.74) is 3.52. The molecule has 1 aromatic heterocycles. The van der Waals surface area contributed by atoms with Crippen LogP contribution in [0, 0.1) is 13.8 Å². The minimum atomic E-state index is -0.223. The van der Waals surface area contributed by atoms with Gasteiger partial charge in [0.25, 0.3) is 11.5 Å². The number of carbonyl (C=O) groups is 1. The molecule has 0 aliphatic rings. The highest BCUT2D eigenvalue weighted by molar-refractivity contribution is 6.30. The van der Waals surface area contributed by atoms with E-state index in [2.05, 4.69) is 10.3 Å². The van der Waals surface area contributed by atoms with Gasteiger partial charge < -0.3 is 5.32 Å². The van der Waals surface area contributed by atoms with Gasteiger partial charge in [0.2, 0.25) is 0 Å². The number of hydrogen-bond acceptors (Lipinski definition) is 3. The summed E-state index contributed by atoms with van der Waals surface area (Å²) in [6, 6.07) is 19.9. The number of aryl methyl sites for hydroxylation is 2. The van der Waals surface area contributed by atoms with Crippen LogP contribution in [0.5, 0.6) is 0 Å². The molecular formula is C24H20ClN3O2. The van der Waals surface area contributed by atoms with Gasteiger partial charge in [0, 0.05) is 16.3 Å². The number of halogens is 1. The Balaban J connectivity index is 1.68. The third kappa shape index (κ3) is 4.11. The lowest BCUT2D eigenvalue weighted by Crippen LogP contribution is -2.24. The van der Waals surface area contributed by atoms with Crippen LogP contribution in [0.4, 0.5) is 5.69 Å². The Kier molecular flexibility index (Phi) is 5.38. The highest BCUT2D eigenvalue weighted by Gasteiger charge is 2.12. The third-order valence-corrected chi connectivity index (χ3v) is 5.19. The average molecular weight is 418 g/mol. The van der Waals surface area contributed by atoms with E-state index in [-0.39, 0.29) is 11.5 Å². The molecule has 3 aromatic carbocycles. The van der Waals surface area contributed by atoms with Gasteiger partial charge in [-0.15, -0.1) is 0 Å². The first kappa shape index (κ1) is 19.9. The average Bonchev–Trinajstić information content (AvgIpc) is 2.73. The quantitative estimate of drug-likeness (QED) is 0.510. The van der Waals surface area contributed by atoms with Gasteiger partial charge in [-0.05, 0) is 61.9 Å². The number of aromatic nitrogens is 2. The molecule has 5 nitrogen and oxygen atoms in total. The fourth-order valence-corrected chi connectivity index (χ4v) is 3.48. The van der Waals surface area contributed by atoms with E-state index in [1.165, 1.54) is 0 Å². The van der Waals surface area contributed by atoms with E-state index in [4.69, 9.17) is 11.6 Å². The van der Waals surface area contributed by atoms with Crippen LogP contribution in [-0.2, 0) is 6.54 Å². The molecule has 4 aromatic rings. The van der Waals surface area contributed by atoms with Crippen LogP contribution in [0.3, 0.4) is 0 Å². The maximum atomic E-state index is 13.2. The van der Waals surface area contributed by atoms with Crippen molar-refractivity contribution in [3.63, 3.8) is 0 Å². The zero-order chi connectivity index (χ0) is 21.3. The SMILES string of the molecule is Cc1cccc(C(=O)Nc2ccc3nc(C)n(Cc4ccc(Cl)cc4)c(=O)c3c2)c1. The molecule has 4 rings (SSSR count). The molecule has 0 radical (unpaired) electrons. The van der Waals surface area contributed by atoms with Gasteiger partial charge >= 0.3 is 0 Å². The van der Waals surface area contributed by atoms with Crippen LogP contribution in [0.1, 0.15) is 27.3 Å². The monoisotopic (exact) mass is 417 g/mol. The molecule has 0 bridgehead atoms. The van der Waals surface area contributed by atoms with E-state index in [9.17, 15) is 9.59 Å². The summed E-state index contributed by atoms with van der Waals surface area (Å²) in [5, 5.41) is 3.97. The van der Waals surface area contributed by atoms with Crippen LogP contribution in [0.2, 0.25) is 5.02 Å². The van der Waals surface area contributed by atoms with Crippen molar-refractivity contribution in [3.05, 3.63) is 105 Å². The number of amides is 1. The summed E-state index contributed by atoms with van der Waals surface area (Å²) in [5.74, 6) is 0.401. The van der Waals surface area contributed by atoms with Crippen molar-refractivity contribution in [2.75, 3.05) is 5.32 Å². The number of fused-ring (bicyclic) bond motifs is 1. The van der Waals surface area contributed by atoms with Crippen molar-refractivity contribution < 1.29 is 4.79 Å². The highest BCUT2D eigenvalue weighted by atomic mass is 35.5. The van der Waals surface area contributed by atoms with E-state index in [1.807, 2.05) is 44.2 Å². The molecule has 1 amide bonds. The van der Waals surface area contributed by atoms with Crippen molar-refractivity contribution in [1.29, 1.82) is 0 Å². The predicted octanol–water partition coefficient (Wildman–Crippen LogP) is 4.97. The van der Waals surface area contributed by atoms with Crippen molar-refractivity contribution in [3.8, 4) is 0 Å². The van der Waals surface area contributed by atoms with Gasteiger partial charge in [-0.25, -0.2) is 4.98 Å². The summed E-state index contributed by atoms with van der Waals surface area (Å²) in [4.78, 5) is 30.3. The molecular weight excluding hydrogens is 398 g/mol. The number of carbonyl (C=O) groups excluding carboxylic acids is 1. The zero-order valence-corrected chi connectivity index (χ0v) is 17.4. The normalized spacial score (nSPS) is 10.9. The molecule has 0 saturated heterocycles. The molecule has 0 saturated carbocycles. The fraction of sp³-hybridized carbons (Fsp3) is 0.125. The second-order valence-electron chi connectivity index (χ2n) is 7.23. The lowest BCUT2D eigenvalue weighted by atomic mass is 10.1. The van der Waals surface area contributed by atoms with Gasteiger partial charge in [-0.3, -0.25) is 14.2 Å². The molecule has 30 heavy (non-hydrogen) atoms. The number of nitrogens with one attached hydrogen (secondary N) is 1. The summed E-state index contributed by atoms with van der Waals surface area (Å²) in [6.45, 7) is 4.14. The summed E-state index contributed by atoms with van der Waals surface area (Å²) in [6.07, 6.45) is 0. The van der Waals surface area contributed by atoms with E-state index in [1.54, 1.807) is 41.0 Å². The summed E-state index contributed by atoms with van der Waals surface area (Å²) in [7, 11) is 0. The topological polar surface area (TPSA) is 64.0 Å². The Bertz CT molecular complexity index is 1310. The van der Waals surface area contributed by atoms with Crippen molar-refractivity contribution >= 4 is 34.1 Å². The lowest BCUT2D eigenvalue weighted by molar-refractivity contribution is 0.102. The second-order valence-corrected chi connectivity index (χ2v) is 7.67. The van der Waals surface area contributed by atoms with Crippen molar-refractivity contribution in [2.24, 2.45) is 0 Å². The first-order valence-electron chi connectivity index (χ1n) is 9.54. The molecule has 0 atom stereocenters. The Labute approximate surface area is 179 Å². The van der Waals surface area contributed by atoms with Gasteiger partial charge in [0.05, 0.1) is 17.4 Å². The van der Waals surface area contributed by atoms with Crippen molar-refractivity contribution in [2.45, 2.75) is 20.4 Å². The fourth-order valence-electron chi connectivity index (χ4n) is 3.36. The Hall–Kier alpha value is -3.44. The van der Waals surface area contributed by atoms with Gasteiger partial charge in [-0.1, -0.05) is 41.4 Å². The number of rotatable bonds is 4. The minimum absolute atomic E-state index is 0.154. The zero-order valence-electron chi connectivity index (χ0n) is 16.6. The van der Waals surface area contributed by atoms with Crippen LogP contribution in [0.25, 0.3) is 10.9 Å². The molecule has 0 fully saturated rings. The summed E-state index contributed by atoms with van der Waals surface area (Å²) >= 11 is 5.95. The molecule has 0 aliphatic carbocycles. The molecule has 0 unspecified atom stereocenters. The smallest absolute Gasteiger partial charge is 0.261 e. The van der Waals surface area contributed by atoms with E-state index in [0.29, 0.717) is 39.5 Å². The van der Waals surface area contributed by atoms with E-state index < -0.39 is 0 Å². The first-order chi connectivity index (χ1) is 14.4. The third-order valence-electron chi connectivity index (χ3n) is 4.94. The standard InChI is InChI=1S/C24H20ClN3O2/c1-15-4-3-5-18(12-15)23(29)27-20-10-11-22-21(13-20)24(30)28(16(2)26-22)14-17-6-8-19(25)9-7-17/h3-13H,14H2,1-2H3,(H,27,29). The van der Waals surface area contributed by atoms with Gasteiger partial charge in [-0.2, -0.15) is 0 Å². The van der Waals surface area contributed by atoms with Crippen molar-refractivity contribution in [1.82, 2.24) is 9.55 Å². The van der Waals surface area contributed by atoms with E-state index in [0.717, 1.165) is 11.1 Å². The van der Waals surface area contributed by atoms with Crippen LogP contribution < -0.4 is 10.9 Å². The van der Waals surface area contributed by atoms with Crippen LogP contribution in [-0.4, -0.2) is 15.5 Å². The Morgan fingerprint density at radius 3 is 2.53 bits per heavy atom. The Morgan fingerprint density at radius 1 is 1.03 bits per heavy atom. The highest BCUT2D eigenvalue weighted by Crippen LogP contribution is 2.18. The van der Waals surface area contributed by atoms with Crippen LogP contribution in [0.15, 0.2) is 71.5 Å². The number of hydrogen-bond donors (Lipinski definition) is 1. The number of benzene rings is 3. The molecule has 150 valence electrons. The largest absolute Gasteiger partial charge is 0.322 e. The second kappa shape index (κ2) is 8.13. The minimum Gasteiger partial charge on any atom is -0.322 e. The van der Waals surface area contributed by atoms with Crippen LogP contribution >= 0.6 is 11.6 Å². The van der Waals surface area contributed by atoms with Gasteiger partial charge in [0.1, 0.15) is 5.82 Å². The maximum Gasteiger partial charge on any atom is 0.261 e. The maximum absolute atomic E-state index is 13.2. The predicted molar refractivity (Wildman–Crippen MR) is 120 cm³/mol. The molecule has 0 spiro atoms. The molecule has 0 aliphatic heterocycles. The molecule has 1 heterocycles. The number of nitrogens with zero attached hydrogens (tertiary/aromatic N) is 2. The first-order valence-corrected chi connectivity index (χ1v) is 9.92. The van der Waals surface area contributed by atoms with Gasteiger partial charge in [0.15, 0.2) is 0 Å². The Morgan fingerprint density at radius 2 is 1.80 bits per heavy atom. The lowest BCUT2D eigenvalue weighted by Gasteiger charge is -2.12. The van der Waals surface area contributed by atoms with E-state index >= 15 is 0 Å².